The maximum absolute atomic E-state index is 12.0. The second-order valence-corrected chi connectivity index (χ2v) is 5.96. The van der Waals surface area contributed by atoms with Gasteiger partial charge in [-0.15, -0.1) is 0 Å². The number of aryl methyl sites for hydroxylation is 2. The minimum atomic E-state index is -0.419. The lowest BCUT2D eigenvalue weighted by Crippen LogP contribution is -2.05. The van der Waals surface area contributed by atoms with E-state index in [0.29, 0.717) is 29.5 Å². The molecule has 0 saturated heterocycles. The van der Waals surface area contributed by atoms with Crippen molar-refractivity contribution >= 4 is 17.9 Å². The summed E-state index contributed by atoms with van der Waals surface area (Å²) in [6, 6.07) is 13.7. The van der Waals surface area contributed by atoms with E-state index in [1.807, 2.05) is 30.3 Å². The van der Waals surface area contributed by atoms with Crippen molar-refractivity contribution < 1.29 is 19.0 Å². The van der Waals surface area contributed by atoms with Crippen LogP contribution in [0.3, 0.4) is 0 Å². The third-order valence-corrected chi connectivity index (χ3v) is 4.23. The Kier molecular flexibility index (Phi) is 3.98. The van der Waals surface area contributed by atoms with Gasteiger partial charge >= 0.3 is 5.97 Å². The zero-order valence-electron chi connectivity index (χ0n) is 13.8. The highest BCUT2D eigenvalue weighted by atomic mass is 16.7. The normalized spacial score (nSPS) is 16.9. The molecule has 0 aliphatic carbocycles. The Hall–Kier alpha value is -3.08. The first-order chi connectivity index (χ1) is 12.2. The van der Waals surface area contributed by atoms with Crippen LogP contribution in [0.15, 0.2) is 53.2 Å². The molecule has 25 heavy (non-hydrogen) atoms. The van der Waals surface area contributed by atoms with Crippen LogP contribution in [0.25, 0.3) is 6.08 Å². The molecule has 2 heterocycles. The smallest absolute Gasteiger partial charge is 0.363 e. The number of carbonyl (C=O) groups is 1. The monoisotopic (exact) mass is 335 g/mol. The van der Waals surface area contributed by atoms with E-state index in [2.05, 4.69) is 24.0 Å². The van der Waals surface area contributed by atoms with Crippen LogP contribution < -0.4 is 9.47 Å². The Bertz CT molecular complexity index is 898. The van der Waals surface area contributed by atoms with Gasteiger partial charge in [0, 0.05) is 6.42 Å². The highest BCUT2D eigenvalue weighted by Gasteiger charge is 2.23. The second kappa shape index (κ2) is 6.43. The van der Waals surface area contributed by atoms with Gasteiger partial charge in [0.05, 0.1) is 0 Å². The predicted molar refractivity (Wildman–Crippen MR) is 93.6 cm³/mol. The fraction of sp³-hybridized carbons (Fsp3) is 0.200. The maximum atomic E-state index is 12.0. The second-order valence-electron chi connectivity index (χ2n) is 5.96. The van der Waals surface area contributed by atoms with Gasteiger partial charge in [-0.3, -0.25) is 0 Å². The Morgan fingerprint density at radius 2 is 1.92 bits per heavy atom. The van der Waals surface area contributed by atoms with Gasteiger partial charge in [-0.25, -0.2) is 9.79 Å². The molecule has 5 nitrogen and oxygen atoms in total. The number of hydrogen-bond acceptors (Lipinski definition) is 5. The van der Waals surface area contributed by atoms with E-state index in [1.165, 1.54) is 11.1 Å². The third kappa shape index (κ3) is 3.26. The molecule has 0 unspecified atom stereocenters. The number of carbonyl (C=O) groups excluding carboxylic acids is 1. The van der Waals surface area contributed by atoms with Crippen molar-refractivity contribution in [2.24, 2.45) is 4.99 Å². The largest absolute Gasteiger partial charge is 0.454 e. The van der Waals surface area contributed by atoms with Crippen molar-refractivity contribution in [3.63, 3.8) is 0 Å². The van der Waals surface area contributed by atoms with Gasteiger partial charge in [-0.2, -0.15) is 0 Å². The first kappa shape index (κ1) is 15.4. The average molecular weight is 335 g/mol. The van der Waals surface area contributed by atoms with Crippen LogP contribution in [0.1, 0.15) is 23.1 Å². The SMILES string of the molecule is Cc1ccccc1CCC1=N/C(=C/c2ccc3c(c2)OCO3)C(=O)O1. The number of rotatable bonds is 4. The molecule has 4 rings (SSSR count). The van der Waals surface area contributed by atoms with Crippen molar-refractivity contribution in [3.05, 3.63) is 64.9 Å². The van der Waals surface area contributed by atoms with Crippen LogP contribution in [-0.2, 0) is 16.0 Å². The van der Waals surface area contributed by atoms with Gasteiger partial charge in [0.1, 0.15) is 0 Å². The molecular weight excluding hydrogens is 318 g/mol. The van der Waals surface area contributed by atoms with E-state index in [4.69, 9.17) is 14.2 Å². The van der Waals surface area contributed by atoms with E-state index in [-0.39, 0.29) is 6.79 Å². The molecule has 5 heteroatoms. The highest BCUT2D eigenvalue weighted by Crippen LogP contribution is 2.33. The van der Waals surface area contributed by atoms with Crippen molar-refractivity contribution in [2.45, 2.75) is 19.8 Å². The lowest BCUT2D eigenvalue weighted by atomic mass is 10.0. The van der Waals surface area contributed by atoms with Gasteiger partial charge in [0.2, 0.25) is 6.79 Å². The molecule has 126 valence electrons. The molecule has 0 fully saturated rings. The van der Waals surface area contributed by atoms with Crippen molar-refractivity contribution in [2.75, 3.05) is 6.79 Å². The Morgan fingerprint density at radius 3 is 2.80 bits per heavy atom. The van der Waals surface area contributed by atoms with Gasteiger partial charge < -0.3 is 14.2 Å². The molecule has 0 bridgehead atoms. The van der Waals surface area contributed by atoms with Crippen LogP contribution in [-0.4, -0.2) is 18.7 Å². The molecule has 2 aromatic carbocycles. The van der Waals surface area contributed by atoms with Crippen molar-refractivity contribution in [1.29, 1.82) is 0 Å². The molecule has 2 aliphatic heterocycles. The summed E-state index contributed by atoms with van der Waals surface area (Å²) in [5.41, 5.74) is 3.58. The molecule has 2 aliphatic rings. The fourth-order valence-electron chi connectivity index (χ4n) is 2.85. The topological polar surface area (TPSA) is 57.1 Å². The molecule has 2 aromatic rings. The summed E-state index contributed by atoms with van der Waals surface area (Å²) in [7, 11) is 0. The standard InChI is InChI=1S/C20H17NO4/c1-13-4-2-3-5-15(13)7-9-19-21-16(20(22)25-19)10-14-6-8-17-18(11-14)24-12-23-17/h2-6,8,10-11H,7,9,12H2,1H3/b16-10+. The van der Waals surface area contributed by atoms with Crippen LogP contribution in [0.5, 0.6) is 11.5 Å². The van der Waals surface area contributed by atoms with Crippen LogP contribution in [0.2, 0.25) is 0 Å². The van der Waals surface area contributed by atoms with Gasteiger partial charge in [-0.05, 0) is 48.2 Å². The molecule has 0 radical (unpaired) electrons. The summed E-state index contributed by atoms with van der Waals surface area (Å²) < 4.78 is 15.9. The van der Waals surface area contributed by atoms with Gasteiger partial charge in [-0.1, -0.05) is 30.3 Å². The number of ether oxygens (including phenoxy) is 3. The molecular formula is C20H17NO4. The summed E-state index contributed by atoms with van der Waals surface area (Å²) in [6.07, 6.45) is 3.08. The minimum Gasteiger partial charge on any atom is -0.454 e. The number of benzene rings is 2. The number of esters is 1. The third-order valence-electron chi connectivity index (χ3n) is 4.23. The van der Waals surface area contributed by atoms with E-state index < -0.39 is 5.97 Å². The van der Waals surface area contributed by atoms with Crippen LogP contribution in [0.4, 0.5) is 0 Å². The van der Waals surface area contributed by atoms with Gasteiger partial charge in [0.25, 0.3) is 0 Å². The lowest BCUT2D eigenvalue weighted by Gasteiger charge is -2.04. The number of hydrogen-bond donors (Lipinski definition) is 0. The zero-order valence-corrected chi connectivity index (χ0v) is 13.8. The number of fused-ring (bicyclic) bond motifs is 1. The fourth-order valence-corrected chi connectivity index (χ4v) is 2.85. The van der Waals surface area contributed by atoms with Crippen molar-refractivity contribution in [1.82, 2.24) is 0 Å². The summed E-state index contributed by atoms with van der Waals surface area (Å²) >= 11 is 0. The number of cyclic esters (lactones) is 1. The van der Waals surface area contributed by atoms with Gasteiger partial charge in [0.15, 0.2) is 23.1 Å². The quantitative estimate of drug-likeness (QED) is 0.632. The summed E-state index contributed by atoms with van der Waals surface area (Å²) in [5.74, 6) is 1.42. The first-order valence-corrected chi connectivity index (χ1v) is 8.15. The van der Waals surface area contributed by atoms with Crippen LogP contribution >= 0.6 is 0 Å². The molecule has 0 N–H and O–H groups in total. The molecule has 0 aromatic heterocycles. The number of aliphatic imine (C=N–C) groups is 1. The predicted octanol–water partition coefficient (Wildman–Crippen LogP) is 3.65. The first-order valence-electron chi connectivity index (χ1n) is 8.15. The van der Waals surface area contributed by atoms with Crippen molar-refractivity contribution in [3.8, 4) is 11.5 Å². The average Bonchev–Trinajstić information content (AvgIpc) is 3.21. The van der Waals surface area contributed by atoms with E-state index in [1.54, 1.807) is 6.08 Å². The van der Waals surface area contributed by atoms with E-state index in [9.17, 15) is 4.79 Å². The lowest BCUT2D eigenvalue weighted by molar-refractivity contribution is -0.130. The molecule has 0 saturated carbocycles. The Balaban J connectivity index is 1.49. The molecule has 0 spiro atoms. The highest BCUT2D eigenvalue weighted by molar-refractivity contribution is 6.07. The van der Waals surface area contributed by atoms with E-state index in [0.717, 1.165) is 12.0 Å². The van der Waals surface area contributed by atoms with E-state index >= 15 is 0 Å². The molecule has 0 atom stereocenters. The summed E-state index contributed by atoms with van der Waals surface area (Å²) in [5, 5.41) is 0. The Morgan fingerprint density at radius 1 is 1.08 bits per heavy atom. The minimum absolute atomic E-state index is 0.221. The van der Waals surface area contributed by atoms with Crippen LogP contribution in [0, 0.1) is 6.92 Å². The Labute approximate surface area is 145 Å². The maximum Gasteiger partial charge on any atom is 0.363 e. The number of nitrogens with zero attached hydrogens (tertiary/aromatic N) is 1. The summed E-state index contributed by atoms with van der Waals surface area (Å²) in [6.45, 7) is 2.29. The molecule has 0 amide bonds. The zero-order chi connectivity index (χ0) is 17.2. The summed E-state index contributed by atoms with van der Waals surface area (Å²) in [4.78, 5) is 16.4.